The molecule has 0 spiro atoms. The summed E-state index contributed by atoms with van der Waals surface area (Å²) in [6, 6.07) is 17.2. The molecular formula is C19H19N5O2. The summed E-state index contributed by atoms with van der Waals surface area (Å²) in [7, 11) is 0. The zero-order valence-electron chi connectivity index (χ0n) is 14.4. The molecule has 26 heavy (non-hydrogen) atoms. The highest BCUT2D eigenvalue weighted by Gasteiger charge is 2.11. The quantitative estimate of drug-likeness (QED) is 0.702. The molecule has 7 nitrogen and oxygen atoms in total. The monoisotopic (exact) mass is 349 g/mol. The van der Waals surface area contributed by atoms with Crippen molar-refractivity contribution in [3.8, 4) is 23.2 Å². The van der Waals surface area contributed by atoms with Crippen molar-refractivity contribution >= 4 is 0 Å². The first kappa shape index (κ1) is 17.6. The fraction of sp³-hybridized carbons (Fsp3) is 0.263. The van der Waals surface area contributed by atoms with Gasteiger partial charge in [0, 0.05) is 5.56 Å². The Kier molecular flexibility index (Phi) is 5.56. The van der Waals surface area contributed by atoms with Gasteiger partial charge < -0.3 is 9.84 Å². The maximum absolute atomic E-state index is 10.1. The van der Waals surface area contributed by atoms with Crippen LogP contribution in [0.25, 0.3) is 11.4 Å². The zero-order chi connectivity index (χ0) is 18.4. The first-order valence-electron chi connectivity index (χ1n) is 8.25. The third kappa shape index (κ3) is 4.65. The Labute approximate surface area is 151 Å². The first-order chi connectivity index (χ1) is 12.6. The number of aryl methyl sites for hydroxylation is 1. The lowest BCUT2D eigenvalue weighted by Crippen LogP contribution is -2.25. The Balaban J connectivity index is 1.52. The average Bonchev–Trinajstić information content (AvgIpc) is 3.10. The van der Waals surface area contributed by atoms with Crippen LogP contribution >= 0.6 is 0 Å². The molecule has 1 N–H and O–H groups in total. The maximum Gasteiger partial charge on any atom is 0.204 e. The van der Waals surface area contributed by atoms with Crippen molar-refractivity contribution < 1.29 is 9.84 Å². The van der Waals surface area contributed by atoms with Gasteiger partial charge >= 0.3 is 0 Å². The normalized spacial score (nSPS) is 11.7. The number of tetrazole rings is 1. The SMILES string of the molecule is Cc1ccc(-c2nnn(C[C@@H](O)COc3ccc(CC#N)cc3)n2)cc1. The summed E-state index contributed by atoms with van der Waals surface area (Å²) >= 11 is 0. The third-order valence-corrected chi connectivity index (χ3v) is 3.79. The molecule has 2 aromatic carbocycles. The van der Waals surface area contributed by atoms with E-state index < -0.39 is 6.10 Å². The summed E-state index contributed by atoms with van der Waals surface area (Å²) in [6.07, 6.45) is -0.404. The molecule has 0 bridgehead atoms. The van der Waals surface area contributed by atoms with Crippen LogP contribution in [-0.2, 0) is 13.0 Å². The lowest BCUT2D eigenvalue weighted by atomic mass is 10.1. The Morgan fingerprint density at radius 2 is 1.88 bits per heavy atom. The number of nitrogens with zero attached hydrogens (tertiary/aromatic N) is 5. The summed E-state index contributed by atoms with van der Waals surface area (Å²) in [5.41, 5.74) is 2.97. The van der Waals surface area contributed by atoms with Gasteiger partial charge in [-0.15, -0.1) is 10.2 Å². The minimum absolute atomic E-state index is 0.110. The van der Waals surface area contributed by atoms with Crippen molar-refractivity contribution in [2.45, 2.75) is 26.0 Å². The summed E-state index contributed by atoms with van der Waals surface area (Å²) in [5.74, 6) is 1.16. The van der Waals surface area contributed by atoms with Crippen LogP contribution in [0.4, 0.5) is 0 Å². The summed E-state index contributed by atoms with van der Waals surface area (Å²) in [5, 5.41) is 31.1. The van der Waals surface area contributed by atoms with Crippen molar-refractivity contribution in [3.05, 3.63) is 59.7 Å². The molecule has 0 radical (unpaired) electrons. The second-order valence-corrected chi connectivity index (χ2v) is 5.98. The molecule has 0 amide bonds. The van der Waals surface area contributed by atoms with E-state index in [9.17, 15) is 5.11 Å². The molecule has 0 aliphatic heterocycles. The molecule has 1 atom stereocenters. The van der Waals surface area contributed by atoms with Gasteiger partial charge in [0.1, 0.15) is 18.5 Å². The van der Waals surface area contributed by atoms with Gasteiger partial charge in [-0.3, -0.25) is 0 Å². The highest BCUT2D eigenvalue weighted by molar-refractivity contribution is 5.53. The van der Waals surface area contributed by atoms with Crippen LogP contribution in [0.3, 0.4) is 0 Å². The van der Waals surface area contributed by atoms with E-state index in [2.05, 4.69) is 21.5 Å². The van der Waals surface area contributed by atoms with Gasteiger partial charge in [-0.05, 0) is 29.8 Å². The van der Waals surface area contributed by atoms with E-state index in [-0.39, 0.29) is 13.2 Å². The van der Waals surface area contributed by atoms with E-state index in [1.807, 2.05) is 43.3 Å². The second kappa shape index (κ2) is 8.23. The number of hydrogen-bond donors (Lipinski definition) is 1. The van der Waals surface area contributed by atoms with Crippen molar-refractivity contribution in [1.29, 1.82) is 5.26 Å². The number of benzene rings is 2. The standard InChI is InChI=1S/C19H19N5O2/c1-14-2-6-16(7-3-14)19-21-23-24(22-19)12-17(25)13-26-18-8-4-15(5-9-18)10-11-20/h2-9,17,25H,10,12-13H2,1H3/t17-/m1/s1. The highest BCUT2D eigenvalue weighted by Crippen LogP contribution is 2.15. The molecular weight excluding hydrogens is 330 g/mol. The fourth-order valence-electron chi connectivity index (χ4n) is 2.37. The van der Waals surface area contributed by atoms with E-state index in [0.29, 0.717) is 18.0 Å². The van der Waals surface area contributed by atoms with Crippen LogP contribution in [0.2, 0.25) is 0 Å². The number of aliphatic hydroxyl groups excluding tert-OH is 1. The molecule has 0 saturated carbocycles. The lowest BCUT2D eigenvalue weighted by Gasteiger charge is -2.11. The predicted molar refractivity (Wildman–Crippen MR) is 95.3 cm³/mol. The summed E-state index contributed by atoms with van der Waals surface area (Å²) in [4.78, 5) is 1.36. The maximum atomic E-state index is 10.1. The zero-order valence-corrected chi connectivity index (χ0v) is 14.4. The molecule has 0 aliphatic rings. The van der Waals surface area contributed by atoms with E-state index in [1.54, 1.807) is 12.1 Å². The molecule has 1 aromatic heterocycles. The molecule has 0 aliphatic carbocycles. The van der Waals surface area contributed by atoms with E-state index >= 15 is 0 Å². The van der Waals surface area contributed by atoms with Crippen LogP contribution in [-0.4, -0.2) is 38.0 Å². The van der Waals surface area contributed by atoms with Crippen molar-refractivity contribution in [2.75, 3.05) is 6.61 Å². The Bertz CT molecular complexity index is 882. The number of aromatic nitrogens is 4. The Morgan fingerprint density at radius 1 is 1.15 bits per heavy atom. The largest absolute Gasteiger partial charge is 0.491 e. The van der Waals surface area contributed by atoms with Crippen molar-refractivity contribution in [1.82, 2.24) is 20.2 Å². The van der Waals surface area contributed by atoms with Gasteiger partial charge in [-0.25, -0.2) is 0 Å². The fourth-order valence-corrected chi connectivity index (χ4v) is 2.37. The highest BCUT2D eigenvalue weighted by atomic mass is 16.5. The van der Waals surface area contributed by atoms with Gasteiger partial charge in [0.15, 0.2) is 0 Å². The molecule has 0 unspecified atom stereocenters. The van der Waals surface area contributed by atoms with Crippen LogP contribution in [0, 0.1) is 18.3 Å². The summed E-state index contributed by atoms with van der Waals surface area (Å²) < 4.78 is 5.56. The topological polar surface area (TPSA) is 96.9 Å². The van der Waals surface area contributed by atoms with Crippen LogP contribution < -0.4 is 4.74 Å². The Hall–Kier alpha value is -3.24. The molecule has 3 aromatic rings. The minimum Gasteiger partial charge on any atom is -0.491 e. The van der Waals surface area contributed by atoms with Crippen molar-refractivity contribution in [2.24, 2.45) is 0 Å². The van der Waals surface area contributed by atoms with Gasteiger partial charge in [0.05, 0.1) is 19.0 Å². The van der Waals surface area contributed by atoms with Gasteiger partial charge in [0.2, 0.25) is 5.82 Å². The van der Waals surface area contributed by atoms with E-state index in [4.69, 9.17) is 10.00 Å². The van der Waals surface area contributed by atoms with Gasteiger partial charge in [-0.1, -0.05) is 42.0 Å². The van der Waals surface area contributed by atoms with Crippen LogP contribution in [0.5, 0.6) is 5.75 Å². The molecule has 0 fully saturated rings. The number of aliphatic hydroxyl groups is 1. The number of hydrogen-bond acceptors (Lipinski definition) is 6. The number of ether oxygens (including phenoxy) is 1. The second-order valence-electron chi connectivity index (χ2n) is 5.98. The van der Waals surface area contributed by atoms with Gasteiger partial charge in [0.25, 0.3) is 0 Å². The molecule has 0 saturated heterocycles. The predicted octanol–water partition coefficient (Wildman–Crippen LogP) is 2.15. The molecule has 3 rings (SSSR count). The van der Waals surface area contributed by atoms with Gasteiger partial charge in [-0.2, -0.15) is 10.1 Å². The summed E-state index contributed by atoms with van der Waals surface area (Å²) in [6.45, 7) is 2.31. The smallest absolute Gasteiger partial charge is 0.204 e. The minimum atomic E-state index is -0.770. The lowest BCUT2D eigenvalue weighted by molar-refractivity contribution is 0.0850. The molecule has 7 heteroatoms. The number of nitriles is 1. The van der Waals surface area contributed by atoms with E-state index in [0.717, 1.165) is 16.7 Å². The average molecular weight is 349 g/mol. The number of rotatable bonds is 7. The first-order valence-corrected chi connectivity index (χ1v) is 8.25. The van der Waals surface area contributed by atoms with Crippen LogP contribution in [0.1, 0.15) is 11.1 Å². The molecule has 132 valence electrons. The third-order valence-electron chi connectivity index (χ3n) is 3.79. The Morgan fingerprint density at radius 3 is 2.58 bits per heavy atom. The van der Waals surface area contributed by atoms with Crippen molar-refractivity contribution in [3.63, 3.8) is 0 Å². The van der Waals surface area contributed by atoms with Crippen LogP contribution in [0.15, 0.2) is 48.5 Å². The van der Waals surface area contributed by atoms with E-state index in [1.165, 1.54) is 4.80 Å². The molecule has 1 heterocycles.